The fourth-order valence-corrected chi connectivity index (χ4v) is 4.78. The maximum absolute atomic E-state index is 14.7. The first kappa shape index (κ1) is 20.4. The third kappa shape index (κ3) is 3.37. The van der Waals surface area contributed by atoms with E-state index in [0.717, 1.165) is 21.2 Å². The zero-order chi connectivity index (χ0) is 22.0. The van der Waals surface area contributed by atoms with E-state index in [1.165, 1.54) is 6.07 Å². The molecule has 0 bridgehead atoms. The summed E-state index contributed by atoms with van der Waals surface area (Å²) in [7, 11) is 0. The number of rotatable bonds is 5. The van der Waals surface area contributed by atoms with Crippen LogP contribution in [0.3, 0.4) is 0 Å². The summed E-state index contributed by atoms with van der Waals surface area (Å²) < 4.78 is 17.3. The van der Waals surface area contributed by atoms with Gasteiger partial charge in [-0.3, -0.25) is 4.68 Å². The van der Waals surface area contributed by atoms with Crippen molar-refractivity contribution in [2.24, 2.45) is 0 Å². The molecule has 0 saturated heterocycles. The predicted molar refractivity (Wildman–Crippen MR) is 130 cm³/mol. The maximum Gasteiger partial charge on any atom is 0.138 e. The lowest BCUT2D eigenvalue weighted by molar-refractivity contribution is 0.461. The van der Waals surface area contributed by atoms with Crippen molar-refractivity contribution in [2.75, 3.05) is 0 Å². The topological polar surface area (TPSA) is 17.8 Å². The molecule has 1 heterocycles. The molecule has 156 valence electrons. The summed E-state index contributed by atoms with van der Waals surface area (Å²) in [4.78, 5) is 0. The molecule has 2 nitrogen and oxygen atoms in total. The molecule has 0 radical (unpaired) electrons. The minimum atomic E-state index is -0.740. The highest BCUT2D eigenvalue weighted by molar-refractivity contribution is 9.10. The zero-order valence-electron chi connectivity index (χ0n) is 17.2. The van der Waals surface area contributed by atoms with Crippen LogP contribution in [0.5, 0.6) is 0 Å². The Morgan fingerprint density at radius 3 is 1.53 bits per heavy atom. The minimum Gasteiger partial charge on any atom is -0.251 e. The summed E-state index contributed by atoms with van der Waals surface area (Å²) in [5.41, 5.74) is 3.47. The average Bonchev–Trinajstić information content (AvgIpc) is 3.23. The fourth-order valence-electron chi connectivity index (χ4n) is 4.30. The van der Waals surface area contributed by atoms with Gasteiger partial charge in [-0.15, -0.1) is 0 Å². The number of nitrogens with zero attached hydrogens (tertiary/aromatic N) is 2. The quantitative estimate of drug-likeness (QED) is 0.240. The molecule has 0 aliphatic carbocycles. The lowest BCUT2D eigenvalue weighted by Gasteiger charge is -2.36. The van der Waals surface area contributed by atoms with E-state index in [2.05, 4.69) is 52.3 Å². The largest absolute Gasteiger partial charge is 0.251 e. The number of halogens is 2. The van der Waals surface area contributed by atoms with Crippen LogP contribution in [0.4, 0.5) is 4.39 Å². The van der Waals surface area contributed by atoms with Gasteiger partial charge in [0.05, 0.1) is 4.47 Å². The van der Waals surface area contributed by atoms with Crippen molar-refractivity contribution in [1.29, 1.82) is 0 Å². The van der Waals surface area contributed by atoms with Crippen LogP contribution in [0.15, 0.2) is 126 Å². The molecule has 0 amide bonds. The van der Waals surface area contributed by atoms with Crippen LogP contribution in [0.25, 0.3) is 11.3 Å². The Morgan fingerprint density at radius 1 is 0.625 bits per heavy atom. The molecular formula is C28H20BrFN2. The van der Waals surface area contributed by atoms with Crippen molar-refractivity contribution in [3.63, 3.8) is 0 Å². The van der Waals surface area contributed by atoms with Gasteiger partial charge in [-0.25, -0.2) is 4.39 Å². The summed E-state index contributed by atoms with van der Waals surface area (Å²) in [6, 6.07) is 37.6. The Balaban J connectivity index is 1.86. The Morgan fingerprint density at radius 2 is 1.06 bits per heavy atom. The molecule has 32 heavy (non-hydrogen) atoms. The van der Waals surface area contributed by atoms with E-state index in [1.807, 2.05) is 71.5 Å². The van der Waals surface area contributed by atoms with Crippen LogP contribution >= 0.6 is 15.9 Å². The van der Waals surface area contributed by atoms with Crippen LogP contribution in [0.2, 0.25) is 0 Å². The van der Waals surface area contributed by atoms with Gasteiger partial charge < -0.3 is 0 Å². The summed E-state index contributed by atoms with van der Waals surface area (Å²) in [5, 5.41) is 4.97. The molecular weight excluding hydrogens is 463 g/mol. The lowest BCUT2D eigenvalue weighted by atomic mass is 9.77. The molecule has 0 aliphatic rings. The molecule has 0 N–H and O–H groups in total. The van der Waals surface area contributed by atoms with Gasteiger partial charge in [0.2, 0.25) is 0 Å². The fraction of sp³-hybridized carbons (Fsp3) is 0.0357. The molecule has 0 fully saturated rings. The van der Waals surface area contributed by atoms with E-state index in [0.29, 0.717) is 11.3 Å². The maximum atomic E-state index is 14.7. The average molecular weight is 483 g/mol. The Labute approximate surface area is 195 Å². The Hall–Kier alpha value is -3.50. The van der Waals surface area contributed by atoms with Gasteiger partial charge in [0, 0.05) is 11.8 Å². The Kier molecular flexibility index (Phi) is 5.46. The van der Waals surface area contributed by atoms with Crippen LogP contribution in [0.1, 0.15) is 16.7 Å². The molecule has 5 aromatic rings. The third-order valence-corrected chi connectivity index (χ3v) is 6.30. The first-order valence-corrected chi connectivity index (χ1v) is 11.2. The smallest absolute Gasteiger partial charge is 0.138 e. The molecule has 0 unspecified atom stereocenters. The van der Waals surface area contributed by atoms with E-state index in [4.69, 9.17) is 5.10 Å². The number of aromatic nitrogens is 2. The van der Waals surface area contributed by atoms with Gasteiger partial charge in [-0.1, -0.05) is 103 Å². The van der Waals surface area contributed by atoms with Gasteiger partial charge in [0.25, 0.3) is 0 Å². The molecule has 1 aromatic heterocycles. The summed E-state index contributed by atoms with van der Waals surface area (Å²) in [5.74, 6) is -0.303. The second-order valence-corrected chi connectivity index (χ2v) is 8.41. The molecule has 0 saturated carbocycles. The van der Waals surface area contributed by atoms with Gasteiger partial charge in [0.1, 0.15) is 17.1 Å². The normalized spacial score (nSPS) is 11.4. The highest BCUT2D eigenvalue weighted by Crippen LogP contribution is 2.42. The van der Waals surface area contributed by atoms with E-state index in [1.54, 1.807) is 12.1 Å². The summed E-state index contributed by atoms with van der Waals surface area (Å²) in [6.45, 7) is 0. The van der Waals surface area contributed by atoms with Gasteiger partial charge in [-0.2, -0.15) is 5.10 Å². The van der Waals surface area contributed by atoms with Crippen molar-refractivity contribution < 1.29 is 4.39 Å². The van der Waals surface area contributed by atoms with Gasteiger partial charge in [0.15, 0.2) is 0 Å². The molecule has 0 spiro atoms. The highest BCUT2D eigenvalue weighted by atomic mass is 79.9. The standard InChI is InChI=1S/C28H20BrFN2/c29-25-20-32(31-27(25)24-18-10-11-19-26(24)30)28(21-12-4-1-5-13-21,22-14-6-2-7-15-22)23-16-8-3-9-17-23/h1-20H. The number of hydrogen-bond donors (Lipinski definition) is 0. The molecule has 4 heteroatoms. The summed E-state index contributed by atoms with van der Waals surface area (Å²) in [6.07, 6.45) is 1.94. The predicted octanol–water partition coefficient (Wildman–Crippen LogP) is 7.29. The first-order chi connectivity index (χ1) is 15.7. The molecule has 0 atom stereocenters. The van der Waals surface area contributed by atoms with Gasteiger partial charge >= 0.3 is 0 Å². The van der Waals surface area contributed by atoms with Crippen molar-refractivity contribution in [2.45, 2.75) is 5.54 Å². The van der Waals surface area contributed by atoms with Crippen LogP contribution in [-0.2, 0) is 5.54 Å². The SMILES string of the molecule is Fc1ccccc1-c1nn(C(c2ccccc2)(c2ccccc2)c2ccccc2)cc1Br. The Bertz CT molecular complexity index is 1240. The minimum absolute atomic E-state index is 0.303. The third-order valence-electron chi connectivity index (χ3n) is 5.72. The van der Waals surface area contributed by atoms with E-state index < -0.39 is 5.54 Å². The second kappa shape index (κ2) is 8.56. The lowest BCUT2D eigenvalue weighted by Crippen LogP contribution is -2.38. The monoisotopic (exact) mass is 482 g/mol. The number of hydrogen-bond acceptors (Lipinski definition) is 1. The van der Waals surface area contributed by atoms with Crippen LogP contribution in [-0.4, -0.2) is 9.78 Å². The van der Waals surface area contributed by atoms with Crippen LogP contribution < -0.4 is 0 Å². The van der Waals surface area contributed by atoms with Crippen molar-refractivity contribution in [1.82, 2.24) is 9.78 Å². The van der Waals surface area contributed by atoms with Crippen molar-refractivity contribution in [3.8, 4) is 11.3 Å². The first-order valence-electron chi connectivity index (χ1n) is 10.4. The summed E-state index contributed by atoms with van der Waals surface area (Å²) >= 11 is 3.65. The van der Waals surface area contributed by atoms with E-state index in [-0.39, 0.29) is 5.82 Å². The second-order valence-electron chi connectivity index (χ2n) is 7.56. The molecule has 4 aromatic carbocycles. The van der Waals surface area contributed by atoms with E-state index in [9.17, 15) is 4.39 Å². The zero-order valence-corrected chi connectivity index (χ0v) is 18.8. The van der Waals surface area contributed by atoms with Crippen LogP contribution in [0, 0.1) is 5.82 Å². The van der Waals surface area contributed by atoms with Gasteiger partial charge in [-0.05, 0) is 44.8 Å². The number of benzene rings is 4. The van der Waals surface area contributed by atoms with E-state index >= 15 is 0 Å². The molecule has 5 rings (SSSR count). The van der Waals surface area contributed by atoms with Crippen molar-refractivity contribution >= 4 is 15.9 Å². The van der Waals surface area contributed by atoms with Crippen molar-refractivity contribution in [3.05, 3.63) is 148 Å². The molecule has 0 aliphatic heterocycles. The highest BCUT2D eigenvalue weighted by Gasteiger charge is 2.39.